The van der Waals surface area contributed by atoms with E-state index in [9.17, 15) is 0 Å². The number of rotatable bonds is 1. The molecule has 0 atom stereocenters. The molecule has 2 rings (SSSR count). The van der Waals surface area contributed by atoms with Gasteiger partial charge in [-0.05, 0) is 31.2 Å². The van der Waals surface area contributed by atoms with Crippen LogP contribution in [-0.2, 0) is 0 Å². The molecule has 2 N–H and O–H groups in total. The number of aromatic nitrogens is 3. The van der Waals surface area contributed by atoms with Crippen molar-refractivity contribution < 1.29 is 0 Å². The zero-order chi connectivity index (χ0) is 10.8. The van der Waals surface area contributed by atoms with E-state index in [-0.39, 0.29) is 5.95 Å². The topological polar surface area (TPSA) is 64.7 Å². The van der Waals surface area contributed by atoms with E-state index >= 15 is 0 Å². The molecule has 1 aromatic heterocycles. The van der Waals surface area contributed by atoms with Crippen LogP contribution in [0.5, 0.6) is 0 Å². The summed E-state index contributed by atoms with van der Waals surface area (Å²) >= 11 is 5.78. The fourth-order valence-electron chi connectivity index (χ4n) is 1.23. The monoisotopic (exact) mass is 220 g/mol. The summed E-state index contributed by atoms with van der Waals surface area (Å²) < 4.78 is 0. The smallest absolute Gasteiger partial charge is 0.223 e. The van der Waals surface area contributed by atoms with E-state index in [0.29, 0.717) is 16.7 Å². The van der Waals surface area contributed by atoms with Crippen molar-refractivity contribution in [1.82, 2.24) is 15.0 Å². The maximum absolute atomic E-state index is 5.78. The number of hydrogen-bond acceptors (Lipinski definition) is 4. The second-order valence-corrected chi connectivity index (χ2v) is 3.51. The Hall–Kier alpha value is -1.68. The number of nitrogens with zero attached hydrogens (tertiary/aromatic N) is 3. The van der Waals surface area contributed by atoms with E-state index < -0.39 is 0 Å². The third-order valence-corrected chi connectivity index (χ3v) is 2.12. The van der Waals surface area contributed by atoms with Crippen molar-refractivity contribution >= 4 is 17.5 Å². The van der Waals surface area contributed by atoms with Gasteiger partial charge < -0.3 is 5.73 Å². The van der Waals surface area contributed by atoms with E-state index in [0.717, 1.165) is 5.56 Å². The molecule has 0 spiro atoms. The van der Waals surface area contributed by atoms with Crippen LogP contribution in [0.3, 0.4) is 0 Å². The van der Waals surface area contributed by atoms with Crippen molar-refractivity contribution in [2.45, 2.75) is 6.92 Å². The molecule has 2 aromatic rings. The molecule has 1 heterocycles. The van der Waals surface area contributed by atoms with Crippen molar-refractivity contribution in [3.63, 3.8) is 0 Å². The molecule has 76 valence electrons. The van der Waals surface area contributed by atoms with Crippen molar-refractivity contribution in [2.24, 2.45) is 0 Å². The number of nitrogens with two attached hydrogens (primary N) is 1. The van der Waals surface area contributed by atoms with Crippen LogP contribution in [0, 0.1) is 6.92 Å². The summed E-state index contributed by atoms with van der Waals surface area (Å²) in [5.74, 6) is 1.40. The van der Waals surface area contributed by atoms with Gasteiger partial charge in [-0.1, -0.05) is 11.6 Å². The standard InChI is InChI=1S/C10H9ClN4/c1-6-13-9(15-10(12)14-6)7-2-4-8(11)5-3-7/h2-5H,1H3,(H2,12,13,14,15). The average molecular weight is 221 g/mol. The quantitative estimate of drug-likeness (QED) is 0.799. The van der Waals surface area contributed by atoms with E-state index in [1.54, 1.807) is 19.1 Å². The summed E-state index contributed by atoms with van der Waals surface area (Å²) in [4.78, 5) is 12.1. The van der Waals surface area contributed by atoms with Gasteiger partial charge in [-0.15, -0.1) is 0 Å². The number of hydrogen-bond donors (Lipinski definition) is 1. The van der Waals surface area contributed by atoms with Gasteiger partial charge in [-0.25, -0.2) is 4.98 Å². The molecule has 0 aliphatic heterocycles. The molecule has 0 aliphatic rings. The summed E-state index contributed by atoms with van der Waals surface area (Å²) in [5.41, 5.74) is 6.41. The van der Waals surface area contributed by atoms with Gasteiger partial charge in [0.25, 0.3) is 0 Å². The zero-order valence-electron chi connectivity index (χ0n) is 8.11. The van der Waals surface area contributed by atoms with Gasteiger partial charge in [0, 0.05) is 10.6 Å². The highest BCUT2D eigenvalue weighted by Gasteiger charge is 2.03. The van der Waals surface area contributed by atoms with E-state index in [4.69, 9.17) is 17.3 Å². The Bertz CT molecular complexity index is 461. The SMILES string of the molecule is Cc1nc(N)nc(-c2ccc(Cl)cc2)n1. The van der Waals surface area contributed by atoms with Gasteiger partial charge in [-0.3, -0.25) is 0 Å². The maximum atomic E-state index is 5.78. The Morgan fingerprint density at radius 3 is 2.33 bits per heavy atom. The van der Waals surface area contributed by atoms with Crippen molar-refractivity contribution in [3.05, 3.63) is 35.1 Å². The van der Waals surface area contributed by atoms with Crippen LogP contribution in [0.25, 0.3) is 11.4 Å². The summed E-state index contributed by atoms with van der Waals surface area (Å²) in [6.45, 7) is 1.78. The lowest BCUT2D eigenvalue weighted by atomic mass is 10.2. The molecule has 0 saturated carbocycles. The number of anilines is 1. The number of aryl methyl sites for hydroxylation is 1. The van der Waals surface area contributed by atoms with Crippen LogP contribution in [0.1, 0.15) is 5.82 Å². The molecule has 0 saturated heterocycles. The van der Waals surface area contributed by atoms with Gasteiger partial charge in [0.05, 0.1) is 0 Å². The maximum Gasteiger partial charge on any atom is 0.223 e. The van der Waals surface area contributed by atoms with E-state index in [2.05, 4.69) is 15.0 Å². The first-order valence-corrected chi connectivity index (χ1v) is 4.77. The first-order chi connectivity index (χ1) is 7.15. The van der Waals surface area contributed by atoms with Gasteiger partial charge >= 0.3 is 0 Å². The first kappa shape index (κ1) is 9.86. The molecule has 5 heteroatoms. The molecule has 0 bridgehead atoms. The fraction of sp³-hybridized carbons (Fsp3) is 0.100. The Balaban J connectivity index is 2.49. The Kier molecular flexibility index (Phi) is 2.51. The molecular weight excluding hydrogens is 212 g/mol. The highest BCUT2D eigenvalue weighted by molar-refractivity contribution is 6.30. The highest BCUT2D eigenvalue weighted by Crippen LogP contribution is 2.18. The molecule has 0 radical (unpaired) electrons. The average Bonchev–Trinajstić information content (AvgIpc) is 2.17. The molecule has 0 unspecified atom stereocenters. The van der Waals surface area contributed by atoms with Gasteiger partial charge in [0.15, 0.2) is 5.82 Å². The third-order valence-electron chi connectivity index (χ3n) is 1.87. The van der Waals surface area contributed by atoms with Crippen LogP contribution in [-0.4, -0.2) is 15.0 Å². The lowest BCUT2D eigenvalue weighted by molar-refractivity contribution is 0.997. The number of benzene rings is 1. The number of nitrogen functional groups attached to an aromatic ring is 1. The molecule has 0 aliphatic carbocycles. The summed E-state index contributed by atoms with van der Waals surface area (Å²) in [5, 5.41) is 0.678. The van der Waals surface area contributed by atoms with E-state index in [1.807, 2.05) is 12.1 Å². The predicted octanol–water partition coefficient (Wildman–Crippen LogP) is 2.08. The lowest BCUT2D eigenvalue weighted by Gasteiger charge is -2.01. The summed E-state index contributed by atoms with van der Waals surface area (Å²) in [6.07, 6.45) is 0. The minimum atomic E-state index is 0.229. The molecule has 0 fully saturated rings. The molecule has 4 nitrogen and oxygen atoms in total. The first-order valence-electron chi connectivity index (χ1n) is 4.39. The van der Waals surface area contributed by atoms with Gasteiger partial charge in [-0.2, -0.15) is 9.97 Å². The summed E-state index contributed by atoms with van der Waals surface area (Å²) in [6, 6.07) is 7.26. The molecule has 1 aromatic carbocycles. The Morgan fingerprint density at radius 1 is 1.07 bits per heavy atom. The fourth-order valence-corrected chi connectivity index (χ4v) is 1.36. The van der Waals surface area contributed by atoms with Crippen molar-refractivity contribution in [3.8, 4) is 11.4 Å². The minimum absolute atomic E-state index is 0.229. The van der Waals surface area contributed by atoms with Crippen LogP contribution in [0.2, 0.25) is 5.02 Å². The normalized spacial score (nSPS) is 10.3. The minimum Gasteiger partial charge on any atom is -0.368 e. The second kappa shape index (κ2) is 3.82. The van der Waals surface area contributed by atoms with Gasteiger partial charge in [0.2, 0.25) is 5.95 Å². The molecule has 0 amide bonds. The van der Waals surface area contributed by atoms with Crippen LogP contribution in [0.15, 0.2) is 24.3 Å². The van der Waals surface area contributed by atoms with Gasteiger partial charge in [0.1, 0.15) is 5.82 Å². The highest BCUT2D eigenvalue weighted by atomic mass is 35.5. The van der Waals surface area contributed by atoms with Crippen LogP contribution >= 0.6 is 11.6 Å². The lowest BCUT2D eigenvalue weighted by Crippen LogP contribution is -2.01. The second-order valence-electron chi connectivity index (χ2n) is 3.07. The summed E-state index contributed by atoms with van der Waals surface area (Å²) in [7, 11) is 0. The van der Waals surface area contributed by atoms with Crippen LogP contribution in [0.4, 0.5) is 5.95 Å². The molecule has 15 heavy (non-hydrogen) atoms. The Labute approximate surface area is 92.2 Å². The largest absolute Gasteiger partial charge is 0.368 e. The molecular formula is C10H9ClN4. The Morgan fingerprint density at radius 2 is 1.73 bits per heavy atom. The third kappa shape index (κ3) is 2.22. The number of halogens is 1. The zero-order valence-corrected chi connectivity index (χ0v) is 8.86. The van der Waals surface area contributed by atoms with E-state index in [1.165, 1.54) is 0 Å². The van der Waals surface area contributed by atoms with Crippen LogP contribution < -0.4 is 5.73 Å². The predicted molar refractivity (Wildman–Crippen MR) is 59.4 cm³/mol. The van der Waals surface area contributed by atoms with Crippen molar-refractivity contribution in [1.29, 1.82) is 0 Å². The van der Waals surface area contributed by atoms with Crippen molar-refractivity contribution in [2.75, 3.05) is 5.73 Å².